The second-order valence-electron chi connectivity index (χ2n) is 4.94. The average molecular weight is 319 g/mol. The zero-order valence-corrected chi connectivity index (χ0v) is 13.3. The standard InChI is InChI=1S/C16H17NO4S/c1-12(18)13-6-7-16(21-2)14(9-13)10-22(19,20)11-15-5-3-4-8-17-15/h3-9H,10-11H2,1-2H3. The third-order valence-electron chi connectivity index (χ3n) is 3.16. The van der Waals surface area contributed by atoms with Gasteiger partial charge in [-0.2, -0.15) is 0 Å². The number of pyridine rings is 1. The number of methoxy groups -OCH3 is 1. The van der Waals surface area contributed by atoms with Gasteiger partial charge in [0.15, 0.2) is 15.6 Å². The highest BCUT2D eigenvalue weighted by Crippen LogP contribution is 2.23. The molecule has 6 heteroatoms. The first-order valence-corrected chi connectivity index (χ1v) is 8.51. The smallest absolute Gasteiger partial charge is 0.160 e. The predicted molar refractivity (Wildman–Crippen MR) is 83.6 cm³/mol. The van der Waals surface area contributed by atoms with Crippen LogP contribution in [0.25, 0.3) is 0 Å². The number of nitrogens with zero attached hydrogens (tertiary/aromatic N) is 1. The fraction of sp³-hybridized carbons (Fsp3) is 0.250. The Balaban J connectivity index is 2.28. The van der Waals surface area contributed by atoms with Gasteiger partial charge >= 0.3 is 0 Å². The molecule has 0 N–H and O–H groups in total. The van der Waals surface area contributed by atoms with E-state index in [1.165, 1.54) is 14.0 Å². The molecule has 2 rings (SSSR count). The Morgan fingerprint density at radius 2 is 1.95 bits per heavy atom. The summed E-state index contributed by atoms with van der Waals surface area (Å²) in [5, 5.41) is 0. The molecule has 0 aliphatic heterocycles. The second-order valence-corrected chi connectivity index (χ2v) is 7.00. The first kappa shape index (κ1) is 16.2. The summed E-state index contributed by atoms with van der Waals surface area (Å²) in [6.45, 7) is 1.44. The van der Waals surface area contributed by atoms with Gasteiger partial charge in [-0.25, -0.2) is 8.42 Å². The Hall–Kier alpha value is -2.21. The number of rotatable bonds is 6. The molecular weight excluding hydrogens is 302 g/mol. The minimum absolute atomic E-state index is 0.119. The van der Waals surface area contributed by atoms with Gasteiger partial charge in [-0.15, -0.1) is 0 Å². The third kappa shape index (κ3) is 4.14. The number of ketones is 1. The molecule has 2 aromatic rings. The van der Waals surface area contributed by atoms with Crippen LogP contribution in [0.4, 0.5) is 0 Å². The number of ether oxygens (including phenoxy) is 1. The highest BCUT2D eigenvalue weighted by atomic mass is 32.2. The zero-order valence-electron chi connectivity index (χ0n) is 12.4. The van der Waals surface area contributed by atoms with Gasteiger partial charge in [-0.1, -0.05) is 6.07 Å². The van der Waals surface area contributed by atoms with Gasteiger partial charge in [0.2, 0.25) is 0 Å². The summed E-state index contributed by atoms with van der Waals surface area (Å²) in [5.74, 6) is -0.0181. The molecule has 0 saturated carbocycles. The zero-order chi connectivity index (χ0) is 16.2. The van der Waals surface area contributed by atoms with Crippen LogP contribution in [0.15, 0.2) is 42.6 Å². The molecule has 0 atom stereocenters. The fourth-order valence-corrected chi connectivity index (χ4v) is 3.53. The molecule has 0 aliphatic rings. The van der Waals surface area contributed by atoms with Crippen molar-refractivity contribution in [2.45, 2.75) is 18.4 Å². The van der Waals surface area contributed by atoms with Crippen LogP contribution in [0.2, 0.25) is 0 Å². The van der Waals surface area contributed by atoms with Crippen molar-refractivity contribution in [2.24, 2.45) is 0 Å². The number of hydrogen-bond donors (Lipinski definition) is 0. The van der Waals surface area contributed by atoms with Crippen LogP contribution in [0, 0.1) is 0 Å². The first-order chi connectivity index (χ1) is 10.4. The van der Waals surface area contributed by atoms with Gasteiger partial charge in [0.05, 0.1) is 24.3 Å². The van der Waals surface area contributed by atoms with E-state index in [9.17, 15) is 13.2 Å². The maximum Gasteiger partial charge on any atom is 0.160 e. The van der Waals surface area contributed by atoms with Gasteiger partial charge in [-0.3, -0.25) is 9.78 Å². The van der Waals surface area contributed by atoms with Crippen LogP contribution in [-0.2, 0) is 21.3 Å². The van der Waals surface area contributed by atoms with E-state index in [0.717, 1.165) is 0 Å². The number of hydrogen-bond acceptors (Lipinski definition) is 5. The molecule has 0 fully saturated rings. The number of carbonyl (C=O) groups is 1. The van der Waals surface area contributed by atoms with Crippen molar-refractivity contribution < 1.29 is 17.9 Å². The fourth-order valence-electron chi connectivity index (χ4n) is 2.11. The summed E-state index contributed by atoms with van der Waals surface area (Å²) in [5.41, 5.74) is 1.43. The second kappa shape index (κ2) is 6.70. The Morgan fingerprint density at radius 1 is 1.18 bits per heavy atom. The molecule has 0 aliphatic carbocycles. The van der Waals surface area contributed by atoms with Crippen molar-refractivity contribution >= 4 is 15.6 Å². The molecule has 22 heavy (non-hydrogen) atoms. The maximum atomic E-state index is 12.3. The van der Waals surface area contributed by atoms with Crippen molar-refractivity contribution in [3.05, 3.63) is 59.4 Å². The SMILES string of the molecule is COc1ccc(C(C)=O)cc1CS(=O)(=O)Cc1ccccn1. The van der Waals surface area contributed by atoms with Gasteiger partial charge < -0.3 is 4.74 Å². The van der Waals surface area contributed by atoms with E-state index < -0.39 is 9.84 Å². The Labute approximate surface area is 129 Å². The summed E-state index contributed by atoms with van der Waals surface area (Å²) in [7, 11) is -1.95. The molecule has 116 valence electrons. The topological polar surface area (TPSA) is 73.3 Å². The Morgan fingerprint density at radius 3 is 2.55 bits per heavy atom. The molecule has 0 amide bonds. The lowest BCUT2D eigenvalue weighted by atomic mass is 10.1. The maximum absolute atomic E-state index is 12.3. The van der Waals surface area contributed by atoms with Crippen LogP contribution in [-0.4, -0.2) is 26.3 Å². The molecule has 0 spiro atoms. The molecule has 1 aromatic heterocycles. The van der Waals surface area contributed by atoms with E-state index in [-0.39, 0.29) is 17.3 Å². The normalized spacial score (nSPS) is 11.2. The largest absolute Gasteiger partial charge is 0.496 e. The quantitative estimate of drug-likeness (QED) is 0.764. The highest BCUT2D eigenvalue weighted by Gasteiger charge is 2.18. The van der Waals surface area contributed by atoms with Crippen molar-refractivity contribution in [1.82, 2.24) is 4.98 Å². The van der Waals surface area contributed by atoms with Crippen molar-refractivity contribution in [1.29, 1.82) is 0 Å². The predicted octanol–water partition coefficient (Wildman–Crippen LogP) is 2.41. The summed E-state index contributed by atoms with van der Waals surface area (Å²) in [4.78, 5) is 15.5. The molecule has 0 saturated heterocycles. The lowest BCUT2D eigenvalue weighted by Gasteiger charge is -2.10. The number of sulfone groups is 1. The minimum atomic E-state index is -3.42. The Bertz CT molecular complexity index is 770. The number of Topliss-reactive ketones (excluding diaryl/α,β-unsaturated/α-hetero) is 1. The van der Waals surface area contributed by atoms with E-state index in [1.54, 1.807) is 42.6 Å². The lowest BCUT2D eigenvalue weighted by molar-refractivity contribution is 0.101. The molecule has 0 bridgehead atoms. The van der Waals surface area contributed by atoms with Crippen molar-refractivity contribution in [3.63, 3.8) is 0 Å². The van der Waals surface area contributed by atoms with Crippen LogP contribution >= 0.6 is 0 Å². The minimum Gasteiger partial charge on any atom is -0.496 e. The highest BCUT2D eigenvalue weighted by molar-refractivity contribution is 7.89. The van der Waals surface area contributed by atoms with E-state index in [0.29, 0.717) is 22.6 Å². The third-order valence-corrected chi connectivity index (χ3v) is 4.64. The summed E-state index contributed by atoms with van der Waals surface area (Å²) < 4.78 is 29.9. The van der Waals surface area contributed by atoms with Gasteiger partial charge in [0.1, 0.15) is 5.75 Å². The van der Waals surface area contributed by atoms with E-state index in [2.05, 4.69) is 4.98 Å². The van der Waals surface area contributed by atoms with Gasteiger partial charge in [0.25, 0.3) is 0 Å². The lowest BCUT2D eigenvalue weighted by Crippen LogP contribution is -2.10. The number of aromatic nitrogens is 1. The molecule has 0 radical (unpaired) electrons. The number of carbonyl (C=O) groups excluding carboxylic acids is 1. The van der Waals surface area contributed by atoms with Crippen LogP contribution in [0.3, 0.4) is 0 Å². The van der Waals surface area contributed by atoms with E-state index >= 15 is 0 Å². The van der Waals surface area contributed by atoms with Crippen molar-refractivity contribution in [2.75, 3.05) is 7.11 Å². The summed E-state index contributed by atoms with van der Waals surface area (Å²) in [6, 6.07) is 9.95. The first-order valence-electron chi connectivity index (χ1n) is 6.69. The van der Waals surface area contributed by atoms with Crippen molar-refractivity contribution in [3.8, 4) is 5.75 Å². The molecule has 0 unspecified atom stereocenters. The average Bonchev–Trinajstić information content (AvgIpc) is 2.47. The Kier molecular flexibility index (Phi) is 4.92. The van der Waals surface area contributed by atoms with E-state index in [4.69, 9.17) is 4.74 Å². The van der Waals surface area contributed by atoms with Crippen LogP contribution in [0.1, 0.15) is 28.5 Å². The van der Waals surface area contributed by atoms with Crippen LogP contribution < -0.4 is 4.74 Å². The van der Waals surface area contributed by atoms with Crippen LogP contribution in [0.5, 0.6) is 5.75 Å². The molecule has 1 heterocycles. The van der Waals surface area contributed by atoms with Gasteiger partial charge in [0, 0.05) is 17.3 Å². The molecule has 1 aromatic carbocycles. The summed E-state index contributed by atoms with van der Waals surface area (Å²) in [6.07, 6.45) is 1.56. The number of benzene rings is 1. The monoisotopic (exact) mass is 319 g/mol. The van der Waals surface area contributed by atoms with Gasteiger partial charge in [-0.05, 0) is 37.3 Å². The van der Waals surface area contributed by atoms with E-state index in [1.807, 2.05) is 0 Å². The summed E-state index contributed by atoms with van der Waals surface area (Å²) >= 11 is 0. The molecular formula is C16H17NO4S. The molecule has 5 nitrogen and oxygen atoms in total.